The minimum absolute atomic E-state index is 0.180. The fourth-order valence-electron chi connectivity index (χ4n) is 1.08. The number of carboxylic acids is 1. The third-order valence-corrected chi connectivity index (χ3v) is 2.61. The van der Waals surface area contributed by atoms with Gasteiger partial charge in [-0.25, -0.2) is 4.79 Å². The Balaban J connectivity index is 2.68. The van der Waals surface area contributed by atoms with Crippen molar-refractivity contribution in [2.24, 2.45) is 0 Å². The number of carbonyl (C=O) groups excluding carboxylic acids is 1. The molecule has 0 aliphatic carbocycles. The first kappa shape index (κ1) is 13.5. The zero-order valence-electron chi connectivity index (χ0n) is 8.32. The number of aliphatic carboxylic acids is 1. The van der Waals surface area contributed by atoms with Gasteiger partial charge in [0.1, 0.15) is 6.04 Å². The molecule has 0 saturated heterocycles. The van der Waals surface area contributed by atoms with Gasteiger partial charge in [0.2, 0.25) is 0 Å². The Labute approximate surface area is 98.1 Å². The van der Waals surface area contributed by atoms with Gasteiger partial charge in [0.05, 0.1) is 0 Å². The topological polar surface area (TPSA) is 66.4 Å². The Morgan fingerprint density at radius 3 is 2.53 bits per heavy atom. The molecule has 0 aliphatic heterocycles. The molecule has 1 heterocycles. The molecule has 94 valence electrons. The molecule has 0 spiro atoms. The summed E-state index contributed by atoms with van der Waals surface area (Å²) in [4.78, 5) is 21.3. The molecule has 4 nitrogen and oxygen atoms in total. The van der Waals surface area contributed by atoms with Crippen molar-refractivity contribution < 1.29 is 27.9 Å². The van der Waals surface area contributed by atoms with Crippen molar-refractivity contribution in [3.05, 3.63) is 22.4 Å². The highest BCUT2D eigenvalue weighted by Crippen LogP contribution is 2.15. The fraction of sp³-hybridized carbons (Fsp3) is 0.333. The number of carbonyl (C=O) groups is 2. The monoisotopic (exact) mass is 267 g/mol. The summed E-state index contributed by atoms with van der Waals surface area (Å²) < 4.78 is 35.8. The van der Waals surface area contributed by atoms with Gasteiger partial charge in [0.15, 0.2) is 0 Å². The lowest BCUT2D eigenvalue weighted by atomic mass is 10.1. The molecule has 1 rings (SSSR count). The molecule has 1 aromatic rings. The maximum Gasteiger partial charge on any atom is 0.471 e. The molecule has 0 saturated carbocycles. The van der Waals surface area contributed by atoms with Crippen LogP contribution in [-0.4, -0.2) is 29.2 Å². The van der Waals surface area contributed by atoms with Gasteiger partial charge in [0, 0.05) is 6.42 Å². The maximum absolute atomic E-state index is 11.9. The Bertz CT molecular complexity index is 402. The predicted molar refractivity (Wildman–Crippen MR) is 53.6 cm³/mol. The van der Waals surface area contributed by atoms with Gasteiger partial charge in [-0.15, -0.1) is 0 Å². The molecule has 1 atom stereocenters. The van der Waals surface area contributed by atoms with Gasteiger partial charge >= 0.3 is 18.1 Å². The summed E-state index contributed by atoms with van der Waals surface area (Å²) in [5.74, 6) is -3.76. The lowest BCUT2D eigenvalue weighted by Gasteiger charge is -2.14. The van der Waals surface area contributed by atoms with Crippen LogP contribution in [-0.2, 0) is 16.0 Å². The van der Waals surface area contributed by atoms with Crippen LogP contribution < -0.4 is 5.32 Å². The second kappa shape index (κ2) is 5.17. The number of thiophene rings is 1. The van der Waals surface area contributed by atoms with Gasteiger partial charge < -0.3 is 10.4 Å². The van der Waals surface area contributed by atoms with E-state index in [1.807, 2.05) is 0 Å². The lowest BCUT2D eigenvalue weighted by Crippen LogP contribution is -2.47. The summed E-state index contributed by atoms with van der Waals surface area (Å²) >= 11 is 1.29. The number of carboxylic acid groups (broad SMARTS) is 1. The van der Waals surface area contributed by atoms with Crippen molar-refractivity contribution in [2.75, 3.05) is 0 Å². The minimum Gasteiger partial charge on any atom is -0.480 e. The van der Waals surface area contributed by atoms with Crippen molar-refractivity contribution >= 4 is 23.2 Å². The average Bonchev–Trinajstić information content (AvgIpc) is 2.67. The molecule has 1 unspecified atom stereocenters. The number of halogens is 3. The van der Waals surface area contributed by atoms with E-state index >= 15 is 0 Å². The van der Waals surface area contributed by atoms with Crippen LogP contribution in [0, 0.1) is 0 Å². The molecule has 0 fully saturated rings. The molecule has 17 heavy (non-hydrogen) atoms. The summed E-state index contributed by atoms with van der Waals surface area (Å²) in [6.07, 6.45) is -5.26. The van der Waals surface area contributed by atoms with Crippen LogP contribution in [0.1, 0.15) is 5.56 Å². The second-order valence-electron chi connectivity index (χ2n) is 3.20. The van der Waals surface area contributed by atoms with E-state index in [-0.39, 0.29) is 6.42 Å². The first-order valence-electron chi connectivity index (χ1n) is 4.42. The van der Waals surface area contributed by atoms with E-state index in [9.17, 15) is 22.8 Å². The van der Waals surface area contributed by atoms with Crippen molar-refractivity contribution in [3.63, 3.8) is 0 Å². The molecule has 0 bridgehead atoms. The molecule has 0 radical (unpaired) electrons. The first-order valence-corrected chi connectivity index (χ1v) is 5.36. The fourth-order valence-corrected chi connectivity index (χ4v) is 1.77. The summed E-state index contributed by atoms with van der Waals surface area (Å²) in [7, 11) is 0. The summed E-state index contributed by atoms with van der Waals surface area (Å²) in [6, 6.07) is -0.000832. The van der Waals surface area contributed by atoms with Crippen molar-refractivity contribution in [1.82, 2.24) is 5.32 Å². The van der Waals surface area contributed by atoms with E-state index in [1.165, 1.54) is 16.7 Å². The highest BCUT2D eigenvalue weighted by Gasteiger charge is 2.40. The number of hydrogen-bond acceptors (Lipinski definition) is 3. The van der Waals surface area contributed by atoms with E-state index in [0.29, 0.717) is 5.56 Å². The molecule has 1 aromatic heterocycles. The average molecular weight is 267 g/mol. The van der Waals surface area contributed by atoms with Gasteiger partial charge in [0.25, 0.3) is 0 Å². The smallest absolute Gasteiger partial charge is 0.471 e. The highest BCUT2D eigenvalue weighted by atomic mass is 32.1. The Morgan fingerprint density at radius 1 is 1.47 bits per heavy atom. The summed E-state index contributed by atoms with van der Waals surface area (Å²) in [5, 5.41) is 13.4. The SMILES string of the molecule is O=C(O)C(Cc1ccsc1)NC(=O)C(F)(F)F. The van der Waals surface area contributed by atoms with E-state index in [4.69, 9.17) is 5.11 Å². The largest absolute Gasteiger partial charge is 0.480 e. The summed E-state index contributed by atoms with van der Waals surface area (Å²) in [6.45, 7) is 0. The molecule has 0 aliphatic rings. The van der Waals surface area contributed by atoms with Crippen LogP contribution in [0.3, 0.4) is 0 Å². The van der Waals surface area contributed by atoms with Gasteiger partial charge in [-0.2, -0.15) is 24.5 Å². The van der Waals surface area contributed by atoms with Crippen LogP contribution in [0.25, 0.3) is 0 Å². The van der Waals surface area contributed by atoms with Gasteiger partial charge in [-0.1, -0.05) is 0 Å². The number of nitrogens with one attached hydrogen (secondary N) is 1. The zero-order chi connectivity index (χ0) is 13.1. The van der Waals surface area contributed by atoms with Gasteiger partial charge in [-0.05, 0) is 22.4 Å². The maximum atomic E-state index is 11.9. The third kappa shape index (κ3) is 4.06. The Morgan fingerprint density at radius 2 is 2.12 bits per heavy atom. The Kier molecular flexibility index (Phi) is 4.11. The van der Waals surface area contributed by atoms with Crippen LogP contribution in [0.4, 0.5) is 13.2 Å². The van der Waals surface area contributed by atoms with E-state index < -0.39 is 24.1 Å². The third-order valence-electron chi connectivity index (χ3n) is 1.88. The normalized spacial score (nSPS) is 13.1. The van der Waals surface area contributed by atoms with E-state index in [0.717, 1.165) is 0 Å². The van der Waals surface area contributed by atoms with Gasteiger partial charge in [-0.3, -0.25) is 4.79 Å². The van der Waals surface area contributed by atoms with Crippen LogP contribution >= 0.6 is 11.3 Å². The standard InChI is InChI=1S/C9H8F3NO3S/c10-9(11,12)8(16)13-6(7(14)15)3-5-1-2-17-4-5/h1-2,4,6H,3H2,(H,13,16)(H,14,15). The second-order valence-corrected chi connectivity index (χ2v) is 3.98. The minimum atomic E-state index is -5.08. The van der Waals surface area contributed by atoms with Crippen LogP contribution in [0.15, 0.2) is 16.8 Å². The number of alkyl halides is 3. The quantitative estimate of drug-likeness (QED) is 0.867. The zero-order valence-corrected chi connectivity index (χ0v) is 9.14. The molecule has 1 amide bonds. The number of hydrogen-bond donors (Lipinski definition) is 2. The van der Waals surface area contributed by atoms with Crippen LogP contribution in [0.2, 0.25) is 0 Å². The number of amides is 1. The summed E-state index contributed by atoms with van der Waals surface area (Å²) in [5.41, 5.74) is 0.560. The molecule has 8 heteroatoms. The molecule has 2 N–H and O–H groups in total. The van der Waals surface area contributed by atoms with E-state index in [1.54, 1.807) is 16.8 Å². The molecule has 0 aromatic carbocycles. The van der Waals surface area contributed by atoms with Crippen molar-refractivity contribution in [2.45, 2.75) is 18.6 Å². The van der Waals surface area contributed by atoms with Crippen molar-refractivity contribution in [3.8, 4) is 0 Å². The predicted octanol–water partition coefficient (Wildman–Crippen LogP) is 1.42. The van der Waals surface area contributed by atoms with E-state index in [2.05, 4.69) is 0 Å². The number of rotatable bonds is 4. The Hall–Kier alpha value is -1.57. The first-order chi connectivity index (χ1) is 7.80. The molecular formula is C9H8F3NO3S. The lowest BCUT2D eigenvalue weighted by molar-refractivity contribution is -0.175. The van der Waals surface area contributed by atoms with Crippen molar-refractivity contribution in [1.29, 1.82) is 0 Å². The molecular weight excluding hydrogens is 259 g/mol. The van der Waals surface area contributed by atoms with Crippen LogP contribution in [0.5, 0.6) is 0 Å². The highest BCUT2D eigenvalue weighted by molar-refractivity contribution is 7.07.